The van der Waals surface area contributed by atoms with Gasteiger partial charge in [-0.3, -0.25) is 15.1 Å². The molecule has 2 aromatic rings. The second kappa shape index (κ2) is 5.75. The Morgan fingerprint density at radius 2 is 1.89 bits per heavy atom. The van der Waals surface area contributed by atoms with Crippen molar-refractivity contribution in [1.82, 2.24) is 0 Å². The maximum atomic E-state index is 10.8. The fraction of sp³-hybridized carbons (Fsp3) is 0.0714. The molecule has 0 N–H and O–H groups in total. The van der Waals surface area contributed by atoms with Gasteiger partial charge in [0.25, 0.3) is 5.69 Å². The summed E-state index contributed by atoms with van der Waals surface area (Å²) in [7, 11) is 0. The smallest absolute Gasteiger partial charge is 0.258 e. The predicted octanol–water partition coefficient (Wildman–Crippen LogP) is 4.42. The molecule has 0 aliphatic heterocycles. The SMILES string of the molecule is Cc1ccc(N=Cc2ccc(Br)cc2)cc1[N+](=O)[O-]. The molecule has 0 atom stereocenters. The zero-order valence-corrected chi connectivity index (χ0v) is 11.8. The van der Waals surface area contributed by atoms with Crippen molar-refractivity contribution in [1.29, 1.82) is 0 Å². The van der Waals surface area contributed by atoms with Gasteiger partial charge in [-0.1, -0.05) is 34.1 Å². The third-order valence-electron chi connectivity index (χ3n) is 2.62. The fourth-order valence-corrected chi connectivity index (χ4v) is 1.84. The van der Waals surface area contributed by atoms with E-state index >= 15 is 0 Å². The molecule has 0 spiro atoms. The molecule has 0 radical (unpaired) electrons. The summed E-state index contributed by atoms with van der Waals surface area (Å²) in [6.07, 6.45) is 1.68. The number of nitro groups is 1. The van der Waals surface area contributed by atoms with E-state index in [1.165, 1.54) is 6.07 Å². The first kappa shape index (κ1) is 13.4. The standard InChI is InChI=1S/C14H11BrN2O2/c1-10-2-7-13(8-14(10)17(18)19)16-9-11-3-5-12(15)6-4-11/h2-9H,1H3. The van der Waals surface area contributed by atoms with Crippen LogP contribution in [0.2, 0.25) is 0 Å². The van der Waals surface area contributed by atoms with Crippen LogP contribution in [0, 0.1) is 17.0 Å². The maximum Gasteiger partial charge on any atom is 0.274 e. The highest BCUT2D eigenvalue weighted by Gasteiger charge is 2.10. The number of aryl methyl sites for hydroxylation is 1. The fourth-order valence-electron chi connectivity index (χ4n) is 1.57. The summed E-state index contributed by atoms with van der Waals surface area (Å²) in [5.74, 6) is 0. The Morgan fingerprint density at radius 1 is 1.21 bits per heavy atom. The van der Waals surface area contributed by atoms with Gasteiger partial charge in [0.2, 0.25) is 0 Å². The minimum absolute atomic E-state index is 0.0884. The van der Waals surface area contributed by atoms with Crippen molar-refractivity contribution in [3.63, 3.8) is 0 Å². The van der Waals surface area contributed by atoms with Crippen LogP contribution in [0.4, 0.5) is 11.4 Å². The Kier molecular flexibility index (Phi) is 4.06. The van der Waals surface area contributed by atoms with Gasteiger partial charge in [-0.05, 0) is 30.7 Å². The van der Waals surface area contributed by atoms with E-state index in [-0.39, 0.29) is 5.69 Å². The molecule has 4 nitrogen and oxygen atoms in total. The Labute approximate surface area is 119 Å². The van der Waals surface area contributed by atoms with Gasteiger partial charge in [0.1, 0.15) is 0 Å². The number of aliphatic imine (C=N–C) groups is 1. The van der Waals surface area contributed by atoms with Crippen molar-refractivity contribution in [2.75, 3.05) is 0 Å². The molecule has 0 aliphatic carbocycles. The molecule has 5 heteroatoms. The monoisotopic (exact) mass is 318 g/mol. The highest BCUT2D eigenvalue weighted by Crippen LogP contribution is 2.24. The Balaban J connectivity index is 2.26. The first-order valence-corrected chi connectivity index (χ1v) is 6.40. The average molecular weight is 319 g/mol. The van der Waals surface area contributed by atoms with Crippen LogP contribution in [0.1, 0.15) is 11.1 Å². The Morgan fingerprint density at radius 3 is 2.53 bits per heavy atom. The minimum Gasteiger partial charge on any atom is -0.258 e. The number of nitrogens with zero attached hydrogens (tertiary/aromatic N) is 2. The van der Waals surface area contributed by atoms with Gasteiger partial charge in [0, 0.05) is 22.3 Å². The summed E-state index contributed by atoms with van der Waals surface area (Å²) in [5, 5.41) is 10.8. The normalized spacial score (nSPS) is 10.8. The summed E-state index contributed by atoms with van der Waals surface area (Å²) < 4.78 is 0.996. The molecular formula is C14H11BrN2O2. The summed E-state index contributed by atoms with van der Waals surface area (Å²) in [4.78, 5) is 14.7. The van der Waals surface area contributed by atoms with Gasteiger partial charge in [-0.15, -0.1) is 0 Å². The van der Waals surface area contributed by atoms with E-state index in [9.17, 15) is 10.1 Å². The van der Waals surface area contributed by atoms with E-state index in [1.54, 1.807) is 25.3 Å². The Bertz CT molecular complexity index is 636. The quantitative estimate of drug-likeness (QED) is 0.478. The zero-order chi connectivity index (χ0) is 13.8. The van der Waals surface area contributed by atoms with Gasteiger partial charge in [0.15, 0.2) is 0 Å². The summed E-state index contributed by atoms with van der Waals surface area (Å²) in [6.45, 7) is 1.71. The molecular weight excluding hydrogens is 308 g/mol. The molecule has 0 aromatic heterocycles. The van der Waals surface area contributed by atoms with E-state index in [0.29, 0.717) is 11.3 Å². The summed E-state index contributed by atoms with van der Waals surface area (Å²) in [5.41, 5.74) is 2.23. The lowest BCUT2D eigenvalue weighted by molar-refractivity contribution is -0.385. The van der Waals surface area contributed by atoms with Gasteiger partial charge >= 0.3 is 0 Å². The third kappa shape index (κ3) is 3.48. The van der Waals surface area contributed by atoms with Crippen molar-refractivity contribution >= 4 is 33.5 Å². The first-order chi connectivity index (χ1) is 9.06. The minimum atomic E-state index is -0.395. The van der Waals surface area contributed by atoms with Crippen LogP contribution < -0.4 is 0 Å². The second-order valence-electron chi connectivity index (χ2n) is 4.04. The number of hydrogen-bond donors (Lipinski definition) is 0. The zero-order valence-electron chi connectivity index (χ0n) is 10.2. The molecule has 0 saturated carbocycles. The van der Waals surface area contributed by atoms with Crippen molar-refractivity contribution in [2.24, 2.45) is 4.99 Å². The van der Waals surface area contributed by atoms with Crippen molar-refractivity contribution in [2.45, 2.75) is 6.92 Å². The van der Waals surface area contributed by atoms with Crippen molar-refractivity contribution < 1.29 is 4.92 Å². The van der Waals surface area contributed by atoms with Crippen LogP contribution in [0.15, 0.2) is 51.9 Å². The number of hydrogen-bond acceptors (Lipinski definition) is 3. The predicted molar refractivity (Wildman–Crippen MR) is 79.2 cm³/mol. The molecule has 0 bridgehead atoms. The van der Waals surface area contributed by atoms with Crippen molar-refractivity contribution in [3.05, 3.63) is 68.2 Å². The maximum absolute atomic E-state index is 10.8. The van der Waals surface area contributed by atoms with Gasteiger partial charge in [0.05, 0.1) is 10.6 Å². The average Bonchev–Trinajstić information content (AvgIpc) is 2.39. The molecule has 2 rings (SSSR count). The van der Waals surface area contributed by atoms with E-state index in [0.717, 1.165) is 10.0 Å². The van der Waals surface area contributed by atoms with Crippen LogP contribution >= 0.6 is 15.9 Å². The highest BCUT2D eigenvalue weighted by molar-refractivity contribution is 9.10. The van der Waals surface area contributed by atoms with E-state index in [2.05, 4.69) is 20.9 Å². The number of rotatable bonds is 3. The third-order valence-corrected chi connectivity index (χ3v) is 3.15. The lowest BCUT2D eigenvalue weighted by Gasteiger charge is -1.98. The molecule has 0 saturated heterocycles. The summed E-state index contributed by atoms with van der Waals surface area (Å²) in [6, 6.07) is 12.6. The van der Waals surface area contributed by atoms with Crippen LogP contribution in [0.3, 0.4) is 0 Å². The molecule has 19 heavy (non-hydrogen) atoms. The van der Waals surface area contributed by atoms with Crippen LogP contribution in [0.5, 0.6) is 0 Å². The van der Waals surface area contributed by atoms with Gasteiger partial charge in [-0.2, -0.15) is 0 Å². The van der Waals surface area contributed by atoms with E-state index in [4.69, 9.17) is 0 Å². The second-order valence-corrected chi connectivity index (χ2v) is 4.95. The highest BCUT2D eigenvalue weighted by atomic mass is 79.9. The van der Waals surface area contributed by atoms with Crippen LogP contribution in [0.25, 0.3) is 0 Å². The lowest BCUT2D eigenvalue weighted by Crippen LogP contribution is -1.90. The number of nitro benzene ring substituents is 1. The summed E-state index contributed by atoms with van der Waals surface area (Å²) >= 11 is 3.36. The molecule has 0 fully saturated rings. The number of halogens is 1. The van der Waals surface area contributed by atoms with E-state index < -0.39 is 4.92 Å². The topological polar surface area (TPSA) is 55.5 Å². The molecule has 0 unspecified atom stereocenters. The van der Waals surface area contributed by atoms with Crippen LogP contribution in [-0.4, -0.2) is 11.1 Å². The first-order valence-electron chi connectivity index (χ1n) is 5.61. The van der Waals surface area contributed by atoms with Crippen molar-refractivity contribution in [3.8, 4) is 0 Å². The molecule has 0 aliphatic rings. The van der Waals surface area contributed by atoms with E-state index in [1.807, 2.05) is 24.3 Å². The number of benzene rings is 2. The molecule has 96 valence electrons. The molecule has 0 amide bonds. The molecule has 2 aromatic carbocycles. The Hall–Kier alpha value is -2.01. The lowest BCUT2D eigenvalue weighted by atomic mass is 10.2. The van der Waals surface area contributed by atoms with Gasteiger partial charge in [-0.25, -0.2) is 0 Å². The largest absolute Gasteiger partial charge is 0.274 e. The van der Waals surface area contributed by atoms with Crippen LogP contribution in [-0.2, 0) is 0 Å². The molecule has 0 heterocycles. The van der Waals surface area contributed by atoms with Gasteiger partial charge < -0.3 is 0 Å².